The van der Waals surface area contributed by atoms with Crippen LogP contribution in [-0.2, 0) is 0 Å². The maximum Gasteiger partial charge on any atom is 0.268 e. The molecule has 2 amide bonds. The number of imide groups is 1. The smallest absolute Gasteiger partial charge is 0.268 e. The first-order valence-electron chi connectivity index (χ1n) is 13.8. The Bertz CT molecular complexity index is 2180. The summed E-state index contributed by atoms with van der Waals surface area (Å²) in [7, 11) is 0. The van der Waals surface area contributed by atoms with Gasteiger partial charge in [0, 0.05) is 39.9 Å². The van der Waals surface area contributed by atoms with Crippen LogP contribution in [0, 0.1) is 0 Å². The molecule has 5 nitrogen and oxygen atoms in total. The van der Waals surface area contributed by atoms with Gasteiger partial charge < -0.3 is 4.57 Å². The third-order valence-electron chi connectivity index (χ3n) is 8.03. The Kier molecular flexibility index (Phi) is 5.37. The third kappa shape index (κ3) is 3.47. The minimum Gasteiger partial charge on any atom is -0.308 e. The fraction of sp³-hybridized carbons (Fsp3) is 0. The van der Waals surface area contributed by atoms with Crippen LogP contribution in [0.15, 0.2) is 140 Å². The number of rotatable bonds is 4. The van der Waals surface area contributed by atoms with E-state index in [1.54, 1.807) is 12.3 Å². The lowest BCUT2D eigenvalue weighted by Gasteiger charge is -2.19. The quantitative estimate of drug-likeness (QED) is 0.211. The molecule has 0 fully saturated rings. The van der Waals surface area contributed by atoms with Crippen LogP contribution in [0.4, 0.5) is 5.69 Å². The SMILES string of the molecule is O=C1c2cccc(-n3c4ccccc4c4cccc(-c5cccnc5)c43)c2C(=O)N1c1ccccc1-c1ccccc1. The van der Waals surface area contributed by atoms with Crippen molar-refractivity contribution in [2.75, 3.05) is 4.90 Å². The van der Waals surface area contributed by atoms with Gasteiger partial charge in [-0.25, -0.2) is 4.90 Å². The van der Waals surface area contributed by atoms with Crippen LogP contribution in [0.25, 0.3) is 49.7 Å². The third-order valence-corrected chi connectivity index (χ3v) is 8.03. The minimum absolute atomic E-state index is 0.325. The van der Waals surface area contributed by atoms with E-state index in [-0.39, 0.29) is 11.8 Å². The summed E-state index contributed by atoms with van der Waals surface area (Å²) in [5, 5.41) is 2.13. The van der Waals surface area contributed by atoms with E-state index in [0.29, 0.717) is 22.5 Å². The molecule has 0 N–H and O–H groups in total. The molecule has 0 unspecified atom stereocenters. The van der Waals surface area contributed by atoms with Gasteiger partial charge in [-0.2, -0.15) is 0 Å². The molecule has 7 aromatic rings. The highest BCUT2D eigenvalue weighted by Crippen LogP contribution is 2.42. The van der Waals surface area contributed by atoms with E-state index in [2.05, 4.69) is 33.8 Å². The number of carbonyl (C=O) groups is 2. The summed E-state index contributed by atoms with van der Waals surface area (Å²) in [4.78, 5) is 34.1. The van der Waals surface area contributed by atoms with Gasteiger partial charge in [0.05, 0.1) is 33.5 Å². The van der Waals surface area contributed by atoms with Crippen LogP contribution in [0.2, 0.25) is 0 Å². The van der Waals surface area contributed by atoms with Gasteiger partial charge in [0.1, 0.15) is 0 Å². The Morgan fingerprint density at radius 1 is 0.500 bits per heavy atom. The molecule has 2 aromatic heterocycles. The Hall–Kier alpha value is -5.81. The molecule has 1 aliphatic heterocycles. The zero-order chi connectivity index (χ0) is 28.2. The molecule has 3 heterocycles. The van der Waals surface area contributed by atoms with Crippen molar-refractivity contribution in [1.82, 2.24) is 9.55 Å². The second kappa shape index (κ2) is 9.39. The topological polar surface area (TPSA) is 55.2 Å². The highest BCUT2D eigenvalue weighted by molar-refractivity contribution is 6.36. The van der Waals surface area contributed by atoms with Gasteiger partial charge in [-0.3, -0.25) is 14.6 Å². The van der Waals surface area contributed by atoms with E-state index in [1.807, 2.05) is 103 Å². The summed E-state index contributed by atoms with van der Waals surface area (Å²) in [5.74, 6) is -0.660. The van der Waals surface area contributed by atoms with Crippen LogP contribution in [0.3, 0.4) is 0 Å². The van der Waals surface area contributed by atoms with Gasteiger partial charge in [-0.05, 0) is 35.9 Å². The van der Waals surface area contributed by atoms with Crippen LogP contribution in [0.5, 0.6) is 0 Å². The van der Waals surface area contributed by atoms with E-state index in [0.717, 1.165) is 44.1 Å². The predicted molar refractivity (Wildman–Crippen MR) is 167 cm³/mol. The molecule has 5 heteroatoms. The lowest BCUT2D eigenvalue weighted by molar-refractivity contribution is 0.0926. The van der Waals surface area contributed by atoms with Crippen LogP contribution >= 0.6 is 0 Å². The standard InChI is InChI=1S/C37H23N3O2/c41-36-30-18-9-21-33(34(30)37(42)40(36)31-19-6-4-14-26(31)24-11-2-1-3-12-24)39-32-20-7-5-15-28(32)29-17-8-16-27(35(29)39)25-13-10-22-38-23-25/h1-23H. The van der Waals surface area contributed by atoms with E-state index < -0.39 is 0 Å². The summed E-state index contributed by atoms with van der Waals surface area (Å²) in [6.07, 6.45) is 3.61. The lowest BCUT2D eigenvalue weighted by atomic mass is 10.0. The largest absolute Gasteiger partial charge is 0.308 e. The number of carbonyl (C=O) groups excluding carboxylic acids is 2. The Balaban J connectivity index is 1.39. The van der Waals surface area contributed by atoms with Gasteiger partial charge in [-0.15, -0.1) is 0 Å². The first-order chi connectivity index (χ1) is 20.7. The van der Waals surface area contributed by atoms with Gasteiger partial charge >= 0.3 is 0 Å². The zero-order valence-electron chi connectivity index (χ0n) is 22.4. The molecule has 8 rings (SSSR count). The number of hydrogen-bond donors (Lipinski definition) is 0. The summed E-state index contributed by atoms with van der Waals surface area (Å²) < 4.78 is 2.13. The molecular weight excluding hydrogens is 518 g/mol. The fourth-order valence-electron chi connectivity index (χ4n) is 6.23. The van der Waals surface area contributed by atoms with Crippen molar-refractivity contribution in [2.24, 2.45) is 0 Å². The van der Waals surface area contributed by atoms with Gasteiger partial charge in [0.25, 0.3) is 11.8 Å². The maximum absolute atomic E-state index is 14.4. The number of para-hydroxylation sites is 3. The Morgan fingerprint density at radius 3 is 2.02 bits per heavy atom. The van der Waals surface area contributed by atoms with E-state index in [4.69, 9.17) is 0 Å². The number of amides is 2. The van der Waals surface area contributed by atoms with Crippen LogP contribution in [0.1, 0.15) is 20.7 Å². The molecule has 0 atom stereocenters. The number of aromatic nitrogens is 2. The summed E-state index contributed by atoms with van der Waals surface area (Å²) in [6.45, 7) is 0. The molecule has 0 spiro atoms. The highest BCUT2D eigenvalue weighted by Gasteiger charge is 2.40. The molecule has 0 radical (unpaired) electrons. The summed E-state index contributed by atoms with van der Waals surface area (Å²) >= 11 is 0. The highest BCUT2D eigenvalue weighted by atomic mass is 16.2. The molecule has 198 valence electrons. The number of fused-ring (bicyclic) bond motifs is 4. The molecule has 0 bridgehead atoms. The normalized spacial score (nSPS) is 12.8. The molecule has 5 aromatic carbocycles. The van der Waals surface area contributed by atoms with Crippen molar-refractivity contribution in [1.29, 1.82) is 0 Å². The molecule has 42 heavy (non-hydrogen) atoms. The molecule has 0 saturated heterocycles. The predicted octanol–water partition coefficient (Wildman–Crippen LogP) is 8.31. The monoisotopic (exact) mass is 541 g/mol. The number of pyridine rings is 1. The number of benzene rings is 5. The summed E-state index contributed by atoms with van der Waals surface area (Å²) in [6, 6.07) is 41.3. The molecule has 1 aliphatic rings. The van der Waals surface area contributed by atoms with E-state index >= 15 is 0 Å². The molecular formula is C37H23N3O2. The second-order valence-electron chi connectivity index (χ2n) is 10.3. The number of nitrogens with zero attached hydrogens (tertiary/aromatic N) is 3. The average molecular weight is 542 g/mol. The van der Waals surface area contributed by atoms with E-state index in [9.17, 15) is 9.59 Å². The van der Waals surface area contributed by atoms with Crippen LogP contribution in [-0.4, -0.2) is 21.4 Å². The molecule has 0 saturated carbocycles. The fourth-order valence-corrected chi connectivity index (χ4v) is 6.23. The van der Waals surface area contributed by atoms with Crippen molar-refractivity contribution in [3.05, 3.63) is 151 Å². The zero-order valence-corrected chi connectivity index (χ0v) is 22.4. The van der Waals surface area contributed by atoms with Crippen molar-refractivity contribution in [3.8, 4) is 27.9 Å². The Labute approximate surface area is 241 Å². The van der Waals surface area contributed by atoms with Gasteiger partial charge in [0.2, 0.25) is 0 Å². The van der Waals surface area contributed by atoms with Crippen molar-refractivity contribution in [2.45, 2.75) is 0 Å². The number of anilines is 1. The van der Waals surface area contributed by atoms with Gasteiger partial charge in [-0.1, -0.05) is 97.1 Å². The van der Waals surface area contributed by atoms with E-state index in [1.165, 1.54) is 4.90 Å². The number of hydrogen-bond acceptors (Lipinski definition) is 3. The van der Waals surface area contributed by atoms with Crippen LogP contribution < -0.4 is 4.90 Å². The summed E-state index contributed by atoms with van der Waals surface area (Å²) in [5.41, 5.74) is 7.69. The second-order valence-corrected chi connectivity index (χ2v) is 10.3. The molecule has 0 aliphatic carbocycles. The van der Waals surface area contributed by atoms with Crippen molar-refractivity contribution in [3.63, 3.8) is 0 Å². The first-order valence-corrected chi connectivity index (χ1v) is 13.8. The lowest BCUT2D eigenvalue weighted by Crippen LogP contribution is -2.30. The Morgan fingerprint density at radius 2 is 1.17 bits per heavy atom. The van der Waals surface area contributed by atoms with Crippen molar-refractivity contribution < 1.29 is 9.59 Å². The first kappa shape index (κ1) is 24.0. The minimum atomic E-state index is -0.334. The average Bonchev–Trinajstić information content (AvgIpc) is 3.53. The maximum atomic E-state index is 14.4. The van der Waals surface area contributed by atoms with Crippen molar-refractivity contribution >= 4 is 39.3 Å². The van der Waals surface area contributed by atoms with Gasteiger partial charge in [0.15, 0.2) is 0 Å².